The summed E-state index contributed by atoms with van der Waals surface area (Å²) in [5.41, 5.74) is 0.608. The van der Waals surface area contributed by atoms with Gasteiger partial charge in [0.25, 0.3) is 0 Å². The van der Waals surface area contributed by atoms with Crippen LogP contribution in [-0.4, -0.2) is 18.8 Å². The van der Waals surface area contributed by atoms with Gasteiger partial charge in [-0.1, -0.05) is 18.2 Å². The van der Waals surface area contributed by atoms with Gasteiger partial charge < -0.3 is 14.8 Å². The van der Waals surface area contributed by atoms with Crippen LogP contribution in [0.25, 0.3) is 10.8 Å². The first-order valence-corrected chi connectivity index (χ1v) is 9.25. The summed E-state index contributed by atoms with van der Waals surface area (Å²) in [6, 6.07) is 12.6. The Morgan fingerprint density at radius 1 is 1.12 bits per heavy atom. The molecule has 4 atom stereocenters. The summed E-state index contributed by atoms with van der Waals surface area (Å²) < 4.78 is 11.4. The molecule has 0 radical (unpaired) electrons. The van der Waals surface area contributed by atoms with Crippen LogP contribution in [-0.2, 0) is 10.3 Å². The summed E-state index contributed by atoms with van der Waals surface area (Å²) in [7, 11) is 0. The second-order valence-corrected chi connectivity index (χ2v) is 8.09. The van der Waals surface area contributed by atoms with E-state index in [0.717, 1.165) is 28.5 Å². The number of carbonyl (C=O) groups excluding carboxylic acids is 1. The Kier molecular flexibility index (Phi) is 3.24. The molecule has 1 aliphatic heterocycles. The number of hydrogen-bond acceptors (Lipinski definition) is 3. The molecule has 2 aliphatic carbocycles. The molecular weight excluding hydrogens is 314 g/mol. The van der Waals surface area contributed by atoms with E-state index in [9.17, 15) is 4.79 Å². The normalized spacial score (nSPS) is 33.5. The summed E-state index contributed by atoms with van der Waals surface area (Å²) in [6.45, 7) is 2.36. The Hall–Kier alpha value is -2.23. The van der Waals surface area contributed by atoms with Crippen molar-refractivity contribution in [2.75, 3.05) is 6.61 Å². The zero-order valence-electron chi connectivity index (χ0n) is 14.5. The lowest BCUT2D eigenvalue weighted by Crippen LogP contribution is -2.37. The van der Waals surface area contributed by atoms with E-state index in [1.807, 2.05) is 6.92 Å². The zero-order chi connectivity index (χ0) is 17.0. The first-order valence-electron chi connectivity index (χ1n) is 9.25. The molecule has 1 saturated heterocycles. The van der Waals surface area contributed by atoms with Crippen LogP contribution in [0.3, 0.4) is 0 Å². The molecule has 2 aromatic carbocycles. The standard InChI is InChI=1S/C21H23NO3/c1-21(12-24-20(23)22-21)17-6-4-15-11-18(7-5-14(15)10-17)25-19-9-13-2-3-16(19)8-13/h4-7,10-11,13,16,19H,2-3,8-9,12H2,1H3,(H,22,23)/t13-,16-,19?,21-/m0/s1. The van der Waals surface area contributed by atoms with E-state index in [2.05, 4.69) is 41.7 Å². The molecule has 1 heterocycles. The minimum absolute atomic E-state index is 0.350. The van der Waals surface area contributed by atoms with Crippen LogP contribution in [0, 0.1) is 11.8 Å². The third kappa shape index (κ3) is 2.55. The lowest BCUT2D eigenvalue weighted by atomic mass is 9.91. The molecule has 3 fully saturated rings. The van der Waals surface area contributed by atoms with E-state index in [0.29, 0.717) is 12.7 Å². The maximum absolute atomic E-state index is 11.4. The SMILES string of the molecule is C[C@@]1(c2ccc3cc(OC4C[C@H]5CC[C@H]4C5)ccc3c2)COC(=O)N1. The monoisotopic (exact) mass is 337 g/mol. The number of fused-ring (bicyclic) bond motifs is 3. The van der Waals surface area contributed by atoms with Gasteiger partial charge in [0.05, 0.1) is 5.54 Å². The number of benzene rings is 2. The minimum atomic E-state index is -0.455. The van der Waals surface area contributed by atoms with Gasteiger partial charge in [0.15, 0.2) is 0 Å². The van der Waals surface area contributed by atoms with Crippen molar-refractivity contribution in [1.82, 2.24) is 5.32 Å². The third-order valence-corrected chi connectivity index (χ3v) is 6.28. The maximum atomic E-state index is 11.4. The number of amides is 1. The number of ether oxygens (including phenoxy) is 2. The highest BCUT2D eigenvalue weighted by Crippen LogP contribution is 2.46. The molecule has 4 heteroatoms. The number of nitrogens with one attached hydrogen (secondary N) is 1. The number of alkyl carbamates (subject to hydrolysis) is 1. The molecule has 2 saturated carbocycles. The molecule has 0 aromatic heterocycles. The molecule has 0 spiro atoms. The molecule has 4 nitrogen and oxygen atoms in total. The summed E-state index contributed by atoms with van der Waals surface area (Å²) in [5.74, 6) is 2.62. The minimum Gasteiger partial charge on any atom is -0.490 e. The van der Waals surface area contributed by atoms with Crippen molar-refractivity contribution in [3.63, 3.8) is 0 Å². The highest BCUT2D eigenvalue weighted by Gasteiger charge is 2.41. The average Bonchev–Trinajstić information content (AvgIpc) is 3.31. The Morgan fingerprint density at radius 3 is 2.68 bits per heavy atom. The van der Waals surface area contributed by atoms with Crippen LogP contribution in [0.2, 0.25) is 0 Å². The van der Waals surface area contributed by atoms with Crippen molar-refractivity contribution in [1.29, 1.82) is 0 Å². The molecule has 3 aliphatic rings. The van der Waals surface area contributed by atoms with Crippen LogP contribution >= 0.6 is 0 Å². The van der Waals surface area contributed by atoms with E-state index >= 15 is 0 Å². The van der Waals surface area contributed by atoms with Crippen molar-refractivity contribution in [2.24, 2.45) is 11.8 Å². The summed E-state index contributed by atoms with van der Waals surface area (Å²) in [5, 5.41) is 5.22. The second kappa shape index (κ2) is 5.38. The first-order chi connectivity index (χ1) is 12.1. The van der Waals surface area contributed by atoms with Crippen LogP contribution in [0.4, 0.5) is 4.79 Å². The molecular formula is C21H23NO3. The molecule has 25 heavy (non-hydrogen) atoms. The number of cyclic esters (lactones) is 1. The van der Waals surface area contributed by atoms with Crippen LogP contribution in [0.5, 0.6) is 5.75 Å². The highest BCUT2D eigenvalue weighted by atomic mass is 16.6. The summed E-state index contributed by atoms with van der Waals surface area (Å²) >= 11 is 0. The van der Waals surface area contributed by atoms with Gasteiger partial charge in [0.2, 0.25) is 0 Å². The van der Waals surface area contributed by atoms with Gasteiger partial charge in [0.1, 0.15) is 18.5 Å². The third-order valence-electron chi connectivity index (χ3n) is 6.28. The van der Waals surface area contributed by atoms with Crippen molar-refractivity contribution in [2.45, 2.75) is 44.2 Å². The molecule has 5 rings (SSSR count). The maximum Gasteiger partial charge on any atom is 0.408 e. The molecule has 1 amide bonds. The Labute approximate surface area is 147 Å². The zero-order valence-corrected chi connectivity index (χ0v) is 14.5. The van der Waals surface area contributed by atoms with Gasteiger partial charge in [0, 0.05) is 0 Å². The van der Waals surface area contributed by atoms with Crippen LogP contribution < -0.4 is 10.1 Å². The van der Waals surface area contributed by atoms with E-state index < -0.39 is 5.54 Å². The quantitative estimate of drug-likeness (QED) is 0.905. The van der Waals surface area contributed by atoms with E-state index in [-0.39, 0.29) is 6.09 Å². The molecule has 1 N–H and O–H groups in total. The molecule has 2 aromatic rings. The summed E-state index contributed by atoms with van der Waals surface area (Å²) in [6.07, 6.45) is 5.36. The van der Waals surface area contributed by atoms with Crippen LogP contribution in [0.15, 0.2) is 36.4 Å². The highest BCUT2D eigenvalue weighted by molar-refractivity contribution is 5.85. The van der Waals surface area contributed by atoms with Crippen molar-refractivity contribution >= 4 is 16.9 Å². The predicted molar refractivity (Wildman–Crippen MR) is 95.6 cm³/mol. The van der Waals surface area contributed by atoms with Crippen molar-refractivity contribution < 1.29 is 14.3 Å². The van der Waals surface area contributed by atoms with Crippen LogP contribution in [0.1, 0.15) is 38.2 Å². The fourth-order valence-corrected chi connectivity index (χ4v) is 4.81. The fraction of sp³-hybridized carbons (Fsp3) is 0.476. The van der Waals surface area contributed by atoms with Gasteiger partial charge >= 0.3 is 6.09 Å². The lowest BCUT2D eigenvalue weighted by molar-refractivity contribution is 0.138. The van der Waals surface area contributed by atoms with Gasteiger partial charge in [-0.05, 0) is 79.0 Å². The van der Waals surface area contributed by atoms with E-state index in [4.69, 9.17) is 9.47 Å². The topological polar surface area (TPSA) is 47.6 Å². The fourth-order valence-electron chi connectivity index (χ4n) is 4.81. The Morgan fingerprint density at radius 2 is 1.96 bits per heavy atom. The number of hydrogen-bond donors (Lipinski definition) is 1. The molecule has 1 unspecified atom stereocenters. The van der Waals surface area contributed by atoms with Crippen molar-refractivity contribution in [3.05, 3.63) is 42.0 Å². The largest absolute Gasteiger partial charge is 0.490 e. The van der Waals surface area contributed by atoms with Gasteiger partial charge in [-0.3, -0.25) is 0 Å². The first kappa shape index (κ1) is 15.1. The average molecular weight is 337 g/mol. The predicted octanol–water partition coefficient (Wildman–Crippen LogP) is 4.36. The van der Waals surface area contributed by atoms with Gasteiger partial charge in [-0.2, -0.15) is 0 Å². The molecule has 130 valence electrons. The van der Waals surface area contributed by atoms with Crippen molar-refractivity contribution in [3.8, 4) is 5.75 Å². The number of carbonyl (C=O) groups is 1. The molecule has 2 bridgehead atoms. The smallest absolute Gasteiger partial charge is 0.408 e. The lowest BCUT2D eigenvalue weighted by Gasteiger charge is -2.24. The van der Waals surface area contributed by atoms with Gasteiger partial charge in [-0.15, -0.1) is 0 Å². The Balaban J connectivity index is 1.40. The van der Waals surface area contributed by atoms with E-state index in [1.54, 1.807) is 0 Å². The van der Waals surface area contributed by atoms with E-state index in [1.165, 1.54) is 31.1 Å². The second-order valence-electron chi connectivity index (χ2n) is 8.09. The Bertz CT molecular complexity index is 848. The van der Waals surface area contributed by atoms with Gasteiger partial charge in [-0.25, -0.2) is 4.79 Å². The summed E-state index contributed by atoms with van der Waals surface area (Å²) in [4.78, 5) is 11.4. The number of rotatable bonds is 3.